The molecule has 3 aromatic rings. The van der Waals surface area contributed by atoms with E-state index in [-0.39, 0.29) is 23.7 Å². The quantitative estimate of drug-likeness (QED) is 0.418. The summed E-state index contributed by atoms with van der Waals surface area (Å²) in [5.41, 5.74) is -2.54. The number of aromatic nitrogens is 3. The molecule has 0 atom stereocenters. The summed E-state index contributed by atoms with van der Waals surface area (Å²) in [5, 5.41) is 3.53. The highest BCUT2D eigenvalue weighted by molar-refractivity contribution is 5.80. The fraction of sp³-hybridized carbons (Fsp3) is 0.278. The molecule has 0 N–H and O–H groups in total. The Morgan fingerprint density at radius 2 is 1.81 bits per heavy atom. The van der Waals surface area contributed by atoms with E-state index in [1.54, 1.807) is 14.2 Å². The first kappa shape index (κ1) is 23.9. The Bertz CT molecular complexity index is 1030. The molecular weight excluding hydrogens is 436 g/mol. The second kappa shape index (κ2) is 9.64. The Labute approximate surface area is 171 Å². The van der Waals surface area contributed by atoms with Gasteiger partial charge in [-0.1, -0.05) is 0 Å². The molecule has 0 aromatic carbocycles. The van der Waals surface area contributed by atoms with Crippen molar-refractivity contribution in [3.63, 3.8) is 0 Å². The van der Waals surface area contributed by atoms with E-state index < -0.39 is 35.7 Å². The van der Waals surface area contributed by atoms with E-state index in [9.17, 15) is 31.1 Å². The number of carbonyl (C=O) groups excluding carboxylic acids is 1. The first-order valence-electron chi connectivity index (χ1n) is 8.27. The second-order valence-electron chi connectivity index (χ2n) is 5.79. The van der Waals surface area contributed by atoms with Crippen molar-refractivity contribution in [3.05, 3.63) is 47.9 Å². The number of aldehydes is 1. The van der Waals surface area contributed by atoms with Gasteiger partial charge >= 0.3 is 12.4 Å². The largest absolute Gasteiger partial charge is 0.478 e. The third-order valence-corrected chi connectivity index (χ3v) is 3.37. The van der Waals surface area contributed by atoms with Gasteiger partial charge in [0.15, 0.2) is 18.6 Å². The Morgan fingerprint density at radius 3 is 2.39 bits per heavy atom. The number of hydrogen-bond acceptors (Lipinski definition) is 6. The van der Waals surface area contributed by atoms with Crippen molar-refractivity contribution in [2.45, 2.75) is 12.4 Å². The molecule has 0 aliphatic carbocycles. The van der Waals surface area contributed by atoms with Crippen molar-refractivity contribution >= 4 is 11.8 Å². The van der Waals surface area contributed by atoms with Gasteiger partial charge in [0.1, 0.15) is 17.0 Å². The highest BCUT2D eigenvalue weighted by atomic mass is 19.4. The summed E-state index contributed by atoms with van der Waals surface area (Å²) in [6.45, 7) is -1.60. The fourth-order valence-electron chi connectivity index (χ4n) is 2.31. The van der Waals surface area contributed by atoms with Gasteiger partial charge in [-0.2, -0.15) is 31.4 Å². The fourth-order valence-corrected chi connectivity index (χ4v) is 2.31. The zero-order valence-corrected chi connectivity index (χ0v) is 16.0. The van der Waals surface area contributed by atoms with Crippen molar-refractivity contribution in [1.82, 2.24) is 14.6 Å². The number of nitrogens with zero attached hydrogens (tertiary/aromatic N) is 3. The van der Waals surface area contributed by atoms with Crippen molar-refractivity contribution in [1.29, 1.82) is 0 Å². The van der Waals surface area contributed by atoms with Crippen LogP contribution in [0.2, 0.25) is 0 Å². The first-order valence-corrected chi connectivity index (χ1v) is 8.27. The predicted octanol–water partition coefficient (Wildman–Crippen LogP) is 4.56. The van der Waals surface area contributed by atoms with Crippen molar-refractivity contribution in [2.75, 3.05) is 20.8 Å². The lowest BCUT2D eigenvalue weighted by molar-refractivity contribution is -0.153. The number of carbonyl (C=O) groups is 1. The molecule has 0 aliphatic heterocycles. The normalized spacial score (nSPS) is 11.6. The maximum atomic E-state index is 13.2. The molecule has 0 amide bonds. The van der Waals surface area contributed by atoms with Crippen LogP contribution in [0.15, 0.2) is 36.7 Å². The summed E-state index contributed by atoms with van der Waals surface area (Å²) >= 11 is 0. The van der Waals surface area contributed by atoms with Gasteiger partial charge in [0, 0.05) is 32.7 Å². The molecule has 13 heteroatoms. The Hall–Kier alpha value is -3.35. The van der Waals surface area contributed by atoms with Gasteiger partial charge in [-0.05, 0) is 18.2 Å². The van der Waals surface area contributed by atoms with Gasteiger partial charge in [-0.25, -0.2) is 9.50 Å². The molecule has 0 spiro atoms. The van der Waals surface area contributed by atoms with Crippen LogP contribution in [0.3, 0.4) is 0 Å². The van der Waals surface area contributed by atoms with Crippen LogP contribution >= 0.6 is 0 Å². The lowest BCUT2D eigenvalue weighted by Gasteiger charge is -2.13. The molecule has 7 nitrogen and oxygen atoms in total. The van der Waals surface area contributed by atoms with E-state index in [1.807, 2.05) is 0 Å². The van der Waals surface area contributed by atoms with Gasteiger partial charge in [-0.15, -0.1) is 0 Å². The zero-order valence-electron chi connectivity index (χ0n) is 16.0. The SMILES string of the molecule is COC.O=Cc1nn2ccc(Oc3ncccc3OCC(F)(F)F)cc2c1C(F)(F)F. The molecule has 168 valence electrons. The monoisotopic (exact) mass is 451 g/mol. The van der Waals surface area contributed by atoms with Crippen molar-refractivity contribution in [3.8, 4) is 17.4 Å². The molecule has 0 saturated carbocycles. The van der Waals surface area contributed by atoms with E-state index in [4.69, 9.17) is 4.74 Å². The second-order valence-corrected chi connectivity index (χ2v) is 5.79. The molecule has 31 heavy (non-hydrogen) atoms. The van der Waals surface area contributed by atoms with Gasteiger partial charge in [0.2, 0.25) is 0 Å². The number of fused-ring (bicyclic) bond motifs is 1. The van der Waals surface area contributed by atoms with Crippen LogP contribution in [0, 0.1) is 0 Å². The summed E-state index contributed by atoms with van der Waals surface area (Å²) < 4.78 is 91.7. The van der Waals surface area contributed by atoms with Gasteiger partial charge in [0.25, 0.3) is 5.88 Å². The van der Waals surface area contributed by atoms with E-state index in [2.05, 4.69) is 19.6 Å². The van der Waals surface area contributed by atoms with Gasteiger partial charge in [0.05, 0.1) is 5.52 Å². The van der Waals surface area contributed by atoms with E-state index in [0.717, 1.165) is 22.8 Å². The van der Waals surface area contributed by atoms with Crippen LogP contribution in [0.4, 0.5) is 26.3 Å². The summed E-state index contributed by atoms with van der Waals surface area (Å²) in [6.07, 6.45) is -7.18. The molecule has 3 rings (SSSR count). The van der Waals surface area contributed by atoms with Crippen molar-refractivity contribution in [2.24, 2.45) is 0 Å². The molecule has 3 aromatic heterocycles. The number of halogens is 6. The molecule has 0 saturated heterocycles. The topological polar surface area (TPSA) is 75.0 Å². The van der Waals surface area contributed by atoms with Gasteiger partial charge < -0.3 is 14.2 Å². The number of hydrogen-bond donors (Lipinski definition) is 0. The Balaban J connectivity index is 0.00000107. The molecule has 0 bridgehead atoms. The van der Waals surface area contributed by atoms with Crippen molar-refractivity contribution < 1.29 is 45.3 Å². The first-order chi connectivity index (χ1) is 14.5. The minimum atomic E-state index is -4.86. The van der Waals surface area contributed by atoms with Crippen LogP contribution in [0.25, 0.3) is 5.52 Å². The number of ether oxygens (including phenoxy) is 3. The summed E-state index contributed by atoms with van der Waals surface area (Å²) in [6, 6.07) is 4.61. The maximum Gasteiger partial charge on any atom is 0.422 e. The zero-order chi connectivity index (χ0) is 23.2. The molecular formula is C18H15F6N3O4. The molecule has 0 unspecified atom stereocenters. The molecule has 0 fully saturated rings. The Morgan fingerprint density at radius 1 is 1.13 bits per heavy atom. The lowest BCUT2D eigenvalue weighted by Crippen LogP contribution is -2.19. The number of alkyl halides is 6. The highest BCUT2D eigenvalue weighted by Gasteiger charge is 2.38. The number of rotatable bonds is 5. The van der Waals surface area contributed by atoms with Crippen LogP contribution in [-0.4, -0.2) is 47.9 Å². The summed E-state index contributed by atoms with van der Waals surface area (Å²) in [4.78, 5) is 14.6. The number of methoxy groups -OCH3 is 1. The van der Waals surface area contributed by atoms with E-state index >= 15 is 0 Å². The predicted molar refractivity (Wildman–Crippen MR) is 94.4 cm³/mol. The minimum absolute atomic E-state index is 0.0296. The third-order valence-electron chi connectivity index (χ3n) is 3.37. The average molecular weight is 451 g/mol. The van der Waals surface area contributed by atoms with Crippen LogP contribution in [0.1, 0.15) is 16.1 Å². The average Bonchev–Trinajstić information content (AvgIpc) is 3.05. The van der Waals surface area contributed by atoms with Gasteiger partial charge in [-0.3, -0.25) is 4.79 Å². The minimum Gasteiger partial charge on any atom is -0.478 e. The molecule has 3 heterocycles. The lowest BCUT2D eigenvalue weighted by atomic mass is 10.2. The van der Waals surface area contributed by atoms with E-state index in [0.29, 0.717) is 0 Å². The number of pyridine rings is 2. The van der Waals surface area contributed by atoms with Crippen LogP contribution in [0.5, 0.6) is 17.4 Å². The maximum absolute atomic E-state index is 13.2. The van der Waals surface area contributed by atoms with Crippen LogP contribution in [-0.2, 0) is 10.9 Å². The summed E-state index contributed by atoms with van der Waals surface area (Å²) in [7, 11) is 3.25. The standard InChI is InChI=1S/C16H9F6N3O3.C2H6O/c17-15(18,19)8-27-12-2-1-4-23-14(12)28-9-3-5-25-11(6-9)13(16(20,21)22)10(7-26)24-25;1-3-2/h1-7H,8H2;1-2H3. The highest BCUT2D eigenvalue weighted by Crippen LogP contribution is 2.37. The third kappa shape index (κ3) is 6.31. The Kier molecular flexibility index (Phi) is 7.44. The van der Waals surface area contributed by atoms with E-state index in [1.165, 1.54) is 18.3 Å². The smallest absolute Gasteiger partial charge is 0.422 e. The van der Waals surface area contributed by atoms with Crippen LogP contribution < -0.4 is 9.47 Å². The molecule has 0 aliphatic rings. The molecule has 0 radical (unpaired) electrons. The summed E-state index contributed by atoms with van der Waals surface area (Å²) in [5.74, 6) is -0.900.